The minimum absolute atomic E-state index is 0.00880. The number of esters is 1. The number of rotatable bonds is 9. The molecule has 0 saturated heterocycles. The molecule has 0 fully saturated rings. The van der Waals surface area contributed by atoms with Crippen molar-refractivity contribution < 1.29 is 23.6 Å². The van der Waals surface area contributed by atoms with Crippen molar-refractivity contribution in [3.63, 3.8) is 0 Å². The normalized spacial score (nSPS) is 12.4. The Bertz CT molecular complexity index is 195. The van der Waals surface area contributed by atoms with Crippen LogP contribution in [0.5, 0.6) is 0 Å². The highest BCUT2D eigenvalue weighted by molar-refractivity contribution is 7.85. The van der Waals surface area contributed by atoms with Crippen LogP contribution >= 0.6 is 0 Å². The average Bonchev–Trinajstić information content (AvgIpc) is 2.21. The molecular formula is C9H18O5S. The molecule has 0 amide bonds. The number of aliphatic hydroxyl groups excluding tert-OH is 1. The topological polar surface area (TPSA) is 72.8 Å². The van der Waals surface area contributed by atoms with E-state index in [0.717, 1.165) is 0 Å². The molecule has 15 heavy (non-hydrogen) atoms. The monoisotopic (exact) mass is 238 g/mol. The van der Waals surface area contributed by atoms with E-state index in [4.69, 9.17) is 14.6 Å². The smallest absolute Gasteiger partial charge is 0.318 e. The van der Waals surface area contributed by atoms with Gasteiger partial charge in [-0.05, 0) is 13.3 Å². The van der Waals surface area contributed by atoms with Crippen molar-refractivity contribution in [1.82, 2.24) is 0 Å². The Morgan fingerprint density at radius 3 is 2.73 bits per heavy atom. The number of hydrogen-bond donors (Lipinski definition) is 1. The van der Waals surface area contributed by atoms with E-state index in [2.05, 4.69) is 0 Å². The van der Waals surface area contributed by atoms with E-state index >= 15 is 0 Å². The SMILES string of the molecule is CCOCCOC(=O)CS(=O)CCCO. The second-order valence-electron chi connectivity index (χ2n) is 2.78. The lowest BCUT2D eigenvalue weighted by Crippen LogP contribution is -2.18. The first-order valence-electron chi connectivity index (χ1n) is 4.90. The van der Waals surface area contributed by atoms with Crippen molar-refractivity contribution in [2.24, 2.45) is 0 Å². The minimum atomic E-state index is -1.23. The third kappa shape index (κ3) is 9.84. The molecule has 0 aliphatic heterocycles. The van der Waals surface area contributed by atoms with Gasteiger partial charge in [-0.25, -0.2) is 0 Å². The number of hydrogen-bond acceptors (Lipinski definition) is 5. The Morgan fingerprint density at radius 2 is 2.13 bits per heavy atom. The molecule has 0 aromatic rings. The molecule has 0 aliphatic carbocycles. The summed E-state index contributed by atoms with van der Waals surface area (Å²) in [6.45, 7) is 2.99. The fourth-order valence-corrected chi connectivity index (χ4v) is 1.77. The van der Waals surface area contributed by atoms with E-state index in [1.165, 1.54) is 0 Å². The average molecular weight is 238 g/mol. The first-order chi connectivity index (χ1) is 7.20. The maximum absolute atomic E-state index is 11.2. The van der Waals surface area contributed by atoms with E-state index < -0.39 is 16.8 Å². The molecule has 1 unspecified atom stereocenters. The van der Waals surface area contributed by atoms with Gasteiger partial charge in [-0.3, -0.25) is 9.00 Å². The van der Waals surface area contributed by atoms with Crippen molar-refractivity contribution in [2.45, 2.75) is 13.3 Å². The van der Waals surface area contributed by atoms with E-state index in [1.54, 1.807) is 0 Å². The van der Waals surface area contributed by atoms with Gasteiger partial charge in [0.25, 0.3) is 0 Å². The van der Waals surface area contributed by atoms with Crippen molar-refractivity contribution in [1.29, 1.82) is 0 Å². The molecule has 0 rings (SSSR count). The summed E-state index contributed by atoms with van der Waals surface area (Å²) in [5.41, 5.74) is 0. The van der Waals surface area contributed by atoms with Crippen LogP contribution in [0.25, 0.3) is 0 Å². The second-order valence-corrected chi connectivity index (χ2v) is 4.36. The Morgan fingerprint density at radius 1 is 1.40 bits per heavy atom. The summed E-state index contributed by atoms with van der Waals surface area (Å²) in [5, 5.41) is 8.48. The zero-order valence-electron chi connectivity index (χ0n) is 8.94. The minimum Gasteiger partial charge on any atom is -0.463 e. The van der Waals surface area contributed by atoms with Gasteiger partial charge >= 0.3 is 5.97 Å². The first-order valence-corrected chi connectivity index (χ1v) is 6.38. The zero-order valence-corrected chi connectivity index (χ0v) is 9.75. The number of carbonyl (C=O) groups excluding carboxylic acids is 1. The molecule has 0 saturated carbocycles. The molecule has 0 radical (unpaired) electrons. The highest BCUT2D eigenvalue weighted by atomic mass is 32.2. The van der Waals surface area contributed by atoms with Crippen LogP contribution in [0.1, 0.15) is 13.3 Å². The van der Waals surface area contributed by atoms with Crippen LogP contribution in [0, 0.1) is 0 Å². The van der Waals surface area contributed by atoms with Gasteiger partial charge in [0.2, 0.25) is 0 Å². The molecule has 5 nitrogen and oxygen atoms in total. The van der Waals surface area contributed by atoms with Crippen LogP contribution in [0.3, 0.4) is 0 Å². The number of aliphatic hydroxyl groups is 1. The lowest BCUT2D eigenvalue weighted by atomic mass is 10.5. The summed E-state index contributed by atoms with van der Waals surface area (Å²) < 4.78 is 20.9. The van der Waals surface area contributed by atoms with Gasteiger partial charge in [-0.15, -0.1) is 0 Å². The molecule has 6 heteroatoms. The molecular weight excluding hydrogens is 220 g/mol. The van der Waals surface area contributed by atoms with E-state index in [-0.39, 0.29) is 19.0 Å². The standard InChI is InChI=1S/C9H18O5S/c1-2-13-5-6-14-9(11)8-15(12)7-3-4-10/h10H,2-8H2,1H3. The predicted octanol–water partition coefficient (Wildman–Crippen LogP) is -0.303. The molecule has 0 aliphatic rings. The van der Waals surface area contributed by atoms with Gasteiger partial charge < -0.3 is 14.6 Å². The van der Waals surface area contributed by atoms with Gasteiger partial charge in [0.05, 0.1) is 6.61 Å². The quantitative estimate of drug-likeness (QED) is 0.441. The largest absolute Gasteiger partial charge is 0.463 e. The van der Waals surface area contributed by atoms with Crippen LogP contribution in [0.4, 0.5) is 0 Å². The molecule has 90 valence electrons. The van der Waals surface area contributed by atoms with Crippen molar-refractivity contribution in [3.05, 3.63) is 0 Å². The predicted molar refractivity (Wildman–Crippen MR) is 57.0 cm³/mol. The number of ether oxygens (including phenoxy) is 2. The lowest BCUT2D eigenvalue weighted by Gasteiger charge is -2.04. The zero-order chi connectivity index (χ0) is 11.5. The molecule has 1 atom stereocenters. The third-order valence-corrected chi connectivity index (χ3v) is 2.81. The van der Waals surface area contributed by atoms with Crippen LogP contribution in [0.15, 0.2) is 0 Å². The summed E-state index contributed by atoms with van der Waals surface area (Å²) in [5.74, 6) is -0.255. The summed E-state index contributed by atoms with van der Waals surface area (Å²) in [7, 11) is -1.23. The molecule has 0 aromatic carbocycles. The molecule has 0 bridgehead atoms. The van der Waals surface area contributed by atoms with Crippen molar-refractivity contribution in [3.8, 4) is 0 Å². The second kappa shape index (κ2) is 10.1. The Kier molecular flexibility index (Phi) is 9.76. The third-order valence-electron chi connectivity index (χ3n) is 1.50. The summed E-state index contributed by atoms with van der Waals surface area (Å²) in [4.78, 5) is 11.0. The maximum atomic E-state index is 11.2. The molecule has 0 heterocycles. The molecule has 0 spiro atoms. The summed E-state index contributed by atoms with van der Waals surface area (Å²) in [6.07, 6.45) is 0.443. The van der Waals surface area contributed by atoms with Gasteiger partial charge in [0.1, 0.15) is 12.4 Å². The fourth-order valence-electron chi connectivity index (χ4n) is 0.830. The first kappa shape index (κ1) is 14.5. The Hall–Kier alpha value is -0.460. The highest BCUT2D eigenvalue weighted by Gasteiger charge is 2.08. The van der Waals surface area contributed by atoms with Crippen molar-refractivity contribution >= 4 is 16.8 Å². The van der Waals surface area contributed by atoms with Crippen molar-refractivity contribution in [2.75, 3.05) is 37.9 Å². The van der Waals surface area contributed by atoms with Crippen LogP contribution in [-0.4, -0.2) is 53.2 Å². The molecule has 0 aromatic heterocycles. The Labute approximate surface area is 92.2 Å². The van der Waals surface area contributed by atoms with Crippen LogP contribution in [0.2, 0.25) is 0 Å². The fraction of sp³-hybridized carbons (Fsp3) is 0.889. The van der Waals surface area contributed by atoms with Gasteiger partial charge in [0.15, 0.2) is 0 Å². The van der Waals surface area contributed by atoms with Crippen LogP contribution < -0.4 is 0 Å². The van der Waals surface area contributed by atoms with Gasteiger partial charge in [0, 0.05) is 29.8 Å². The van der Waals surface area contributed by atoms with Crippen LogP contribution in [-0.2, 0) is 25.1 Å². The maximum Gasteiger partial charge on any atom is 0.318 e. The summed E-state index contributed by atoms with van der Waals surface area (Å²) in [6, 6.07) is 0. The molecule has 1 N–H and O–H groups in total. The highest BCUT2D eigenvalue weighted by Crippen LogP contribution is 1.90. The number of carbonyl (C=O) groups is 1. The van der Waals surface area contributed by atoms with E-state index in [1.807, 2.05) is 6.92 Å². The lowest BCUT2D eigenvalue weighted by molar-refractivity contribution is -0.141. The van der Waals surface area contributed by atoms with Gasteiger partial charge in [-0.1, -0.05) is 0 Å². The van der Waals surface area contributed by atoms with Gasteiger partial charge in [-0.2, -0.15) is 0 Å². The van der Waals surface area contributed by atoms with E-state index in [9.17, 15) is 9.00 Å². The van der Waals surface area contributed by atoms with E-state index in [0.29, 0.717) is 25.4 Å². The summed E-state index contributed by atoms with van der Waals surface area (Å²) >= 11 is 0. The Balaban J connectivity index is 3.43.